The third-order valence-corrected chi connectivity index (χ3v) is 9.23. The van der Waals surface area contributed by atoms with Crippen molar-refractivity contribution in [3.8, 4) is 0 Å². The van der Waals surface area contributed by atoms with Gasteiger partial charge in [0.05, 0.1) is 6.04 Å². The fraction of sp³-hybridized carbons (Fsp3) is 0.622. The van der Waals surface area contributed by atoms with E-state index in [2.05, 4.69) is 27.8 Å². The lowest BCUT2D eigenvalue weighted by Crippen LogP contribution is -2.62. The molecule has 0 bridgehead atoms. The van der Waals surface area contributed by atoms with Gasteiger partial charge in [-0.25, -0.2) is 4.79 Å². The Morgan fingerprint density at radius 2 is 1.67 bits per heavy atom. The molecule has 1 saturated heterocycles. The quantitative estimate of drug-likeness (QED) is 0.165. The number of urea groups is 1. The van der Waals surface area contributed by atoms with Gasteiger partial charge < -0.3 is 31.1 Å². The molecule has 6 amide bonds. The highest BCUT2D eigenvalue weighted by Gasteiger charge is 2.64. The van der Waals surface area contributed by atoms with Crippen LogP contribution in [0.2, 0.25) is 0 Å². The van der Waals surface area contributed by atoms with Crippen LogP contribution in [0.3, 0.4) is 0 Å². The lowest BCUT2D eigenvalue weighted by atomic mass is 9.85. The Bertz CT molecular complexity index is 1380. The van der Waals surface area contributed by atoms with E-state index in [0.29, 0.717) is 19.5 Å². The number of fused-ring (bicyclic) bond motifs is 1. The molecule has 6 atom stereocenters. The van der Waals surface area contributed by atoms with Crippen molar-refractivity contribution in [3.05, 3.63) is 48.6 Å². The summed E-state index contributed by atoms with van der Waals surface area (Å²) in [4.78, 5) is 83.0. The molecule has 1 aromatic carbocycles. The van der Waals surface area contributed by atoms with Crippen molar-refractivity contribution in [3.63, 3.8) is 0 Å². The Kier molecular flexibility index (Phi) is 13.2. The molecular formula is C37H56N6O6. The van der Waals surface area contributed by atoms with Gasteiger partial charge in [0.2, 0.25) is 23.5 Å². The molecule has 49 heavy (non-hydrogen) atoms. The van der Waals surface area contributed by atoms with Gasteiger partial charge in [-0.3, -0.25) is 24.0 Å². The van der Waals surface area contributed by atoms with Crippen molar-refractivity contribution < 1.29 is 28.8 Å². The van der Waals surface area contributed by atoms with Gasteiger partial charge >= 0.3 is 6.03 Å². The summed E-state index contributed by atoms with van der Waals surface area (Å²) >= 11 is 0. The second-order valence-corrected chi connectivity index (χ2v) is 15.4. The van der Waals surface area contributed by atoms with Crippen molar-refractivity contribution in [1.82, 2.24) is 31.1 Å². The Morgan fingerprint density at radius 1 is 1.02 bits per heavy atom. The summed E-state index contributed by atoms with van der Waals surface area (Å²) in [6.45, 7) is 17.6. The van der Waals surface area contributed by atoms with Crippen molar-refractivity contribution in [1.29, 1.82) is 0 Å². The van der Waals surface area contributed by atoms with Crippen LogP contribution in [0.5, 0.6) is 0 Å². The molecule has 4 N–H and O–H groups in total. The van der Waals surface area contributed by atoms with E-state index in [-0.39, 0.29) is 49.0 Å². The highest BCUT2D eigenvalue weighted by molar-refractivity contribution is 6.38. The number of carbonyl (C=O) groups excluding carboxylic acids is 6. The molecule has 270 valence electrons. The van der Waals surface area contributed by atoms with E-state index in [9.17, 15) is 28.8 Å². The molecule has 12 nitrogen and oxygen atoms in total. The van der Waals surface area contributed by atoms with Crippen LogP contribution < -0.4 is 21.3 Å². The molecule has 12 heteroatoms. The molecule has 0 aromatic heterocycles. The van der Waals surface area contributed by atoms with Gasteiger partial charge in [-0.1, -0.05) is 70.5 Å². The number of benzene rings is 1. The largest absolute Gasteiger partial charge is 0.349 e. The maximum atomic E-state index is 14.1. The number of hydrogen-bond acceptors (Lipinski definition) is 6. The molecule has 0 spiro atoms. The van der Waals surface area contributed by atoms with Gasteiger partial charge in [0.15, 0.2) is 0 Å². The number of nitrogens with zero attached hydrogens (tertiary/aromatic N) is 2. The minimum Gasteiger partial charge on any atom is -0.349 e. The van der Waals surface area contributed by atoms with E-state index in [0.717, 1.165) is 12.0 Å². The fourth-order valence-corrected chi connectivity index (χ4v) is 6.66. The van der Waals surface area contributed by atoms with Gasteiger partial charge in [-0.15, -0.1) is 6.58 Å². The molecule has 2 unspecified atom stereocenters. The number of allylic oxidation sites excluding steroid dienone is 1. The SMILES string of the molecule is C=CCCC(NC(=O)[C@@H]1[C@H]2C(CC)[C@H]2CN1C(=O)[C@@H](NC(=O)NC(C)(C)C)C(C)(C)C)C(=O)C(=O)NCCC(=O)N(C)Cc1ccccc1. The van der Waals surface area contributed by atoms with E-state index >= 15 is 0 Å². The van der Waals surface area contributed by atoms with E-state index in [1.54, 1.807) is 18.0 Å². The predicted octanol–water partition coefficient (Wildman–Crippen LogP) is 3.17. The Morgan fingerprint density at radius 3 is 2.24 bits per heavy atom. The first-order chi connectivity index (χ1) is 22.9. The van der Waals surface area contributed by atoms with Crippen LogP contribution >= 0.6 is 0 Å². The molecule has 2 fully saturated rings. The Hall–Kier alpha value is -4.22. The lowest BCUT2D eigenvalue weighted by molar-refractivity contribution is -0.145. The highest BCUT2D eigenvalue weighted by atomic mass is 16.2. The van der Waals surface area contributed by atoms with Crippen molar-refractivity contribution in [2.45, 2.75) is 104 Å². The fourth-order valence-electron chi connectivity index (χ4n) is 6.66. The van der Waals surface area contributed by atoms with Crippen molar-refractivity contribution in [2.24, 2.45) is 23.2 Å². The maximum Gasteiger partial charge on any atom is 0.315 e. The van der Waals surface area contributed by atoms with Crippen molar-refractivity contribution in [2.75, 3.05) is 20.1 Å². The van der Waals surface area contributed by atoms with E-state index in [4.69, 9.17) is 0 Å². The second-order valence-electron chi connectivity index (χ2n) is 15.4. The summed E-state index contributed by atoms with van der Waals surface area (Å²) in [6, 6.07) is 6.12. The van der Waals surface area contributed by atoms with Gasteiger partial charge in [-0.2, -0.15) is 0 Å². The number of carbonyl (C=O) groups is 6. The number of piperidine rings is 1. The summed E-state index contributed by atoms with van der Waals surface area (Å²) in [7, 11) is 1.67. The van der Waals surface area contributed by atoms with E-state index in [1.165, 1.54) is 4.90 Å². The number of nitrogens with one attached hydrogen (secondary N) is 4. The second kappa shape index (κ2) is 16.5. The van der Waals surface area contributed by atoms with E-state index < -0.39 is 52.7 Å². The minimum absolute atomic E-state index is 0.00338. The Labute approximate surface area is 291 Å². The zero-order valence-electron chi connectivity index (χ0n) is 30.4. The van der Waals surface area contributed by atoms with Gasteiger partial charge in [0, 0.05) is 38.6 Å². The molecule has 1 aliphatic heterocycles. The van der Waals surface area contributed by atoms with Crippen LogP contribution in [0, 0.1) is 23.2 Å². The maximum absolute atomic E-state index is 14.1. The number of ketones is 1. The molecule has 1 heterocycles. The van der Waals surface area contributed by atoms with Gasteiger partial charge in [0.25, 0.3) is 5.91 Å². The van der Waals surface area contributed by atoms with Crippen LogP contribution in [0.1, 0.15) is 79.7 Å². The molecule has 0 radical (unpaired) electrons. The van der Waals surface area contributed by atoms with E-state index in [1.807, 2.05) is 78.8 Å². The Balaban J connectivity index is 1.69. The third-order valence-electron chi connectivity index (χ3n) is 9.23. The zero-order valence-corrected chi connectivity index (χ0v) is 30.4. The monoisotopic (exact) mass is 680 g/mol. The number of Topliss-reactive ketones (excluding diaryl/α,β-unsaturated/α-hetero) is 1. The van der Waals surface area contributed by atoms with Crippen LogP contribution in [0.25, 0.3) is 0 Å². The first kappa shape index (κ1) is 39.2. The zero-order chi connectivity index (χ0) is 36.7. The molecule has 1 saturated carbocycles. The summed E-state index contributed by atoms with van der Waals surface area (Å²) in [5, 5.41) is 11.0. The number of likely N-dealkylation sites (tertiary alicyclic amines) is 1. The third kappa shape index (κ3) is 10.6. The summed E-state index contributed by atoms with van der Waals surface area (Å²) in [5.74, 6) is -2.48. The number of amides is 6. The molecule has 1 aromatic rings. The lowest BCUT2D eigenvalue weighted by Gasteiger charge is -2.37. The molecule has 3 rings (SSSR count). The average Bonchev–Trinajstić information content (AvgIpc) is 3.56. The van der Waals surface area contributed by atoms with Gasteiger partial charge in [0.1, 0.15) is 12.1 Å². The smallest absolute Gasteiger partial charge is 0.315 e. The molecule has 2 aliphatic rings. The highest BCUT2D eigenvalue weighted by Crippen LogP contribution is 2.57. The van der Waals surface area contributed by atoms with Gasteiger partial charge in [-0.05, 0) is 62.3 Å². The van der Waals surface area contributed by atoms with Crippen molar-refractivity contribution >= 4 is 35.4 Å². The predicted molar refractivity (Wildman–Crippen MR) is 188 cm³/mol. The first-order valence-corrected chi connectivity index (χ1v) is 17.3. The summed E-state index contributed by atoms with van der Waals surface area (Å²) in [6.07, 6.45) is 2.96. The molecular weight excluding hydrogens is 624 g/mol. The van der Waals surface area contributed by atoms with Crippen LogP contribution in [0.4, 0.5) is 4.79 Å². The average molecular weight is 681 g/mol. The van der Waals surface area contributed by atoms with Crippen LogP contribution in [0.15, 0.2) is 43.0 Å². The number of rotatable bonds is 15. The number of hydrogen-bond donors (Lipinski definition) is 4. The topological polar surface area (TPSA) is 157 Å². The first-order valence-electron chi connectivity index (χ1n) is 17.3. The minimum atomic E-state index is -1.15. The van der Waals surface area contributed by atoms with Crippen LogP contribution in [-0.4, -0.2) is 89.0 Å². The normalized spacial score (nSPS) is 21.0. The standard InChI is InChI=1S/C37H56N6O6/c1-10-12-18-26(30(45)33(47)38-20-19-27(44)42(9)21-23-16-14-13-15-17-23)39-32(46)29-28-24(11-2)25(28)22-43(29)34(48)31(36(3,4)5)40-35(49)41-37(6,7)8/h10,13-17,24-26,28-29,31H,1,11-12,18-22H2,2-9H3,(H,38,47)(H,39,46)(H2,40,41,49)/t24?,25-,26?,28+,29+,31-/m1/s1. The van der Waals surface area contributed by atoms with Crippen LogP contribution in [-0.2, 0) is 30.5 Å². The summed E-state index contributed by atoms with van der Waals surface area (Å²) in [5.41, 5.74) is -0.211. The summed E-state index contributed by atoms with van der Waals surface area (Å²) < 4.78 is 0. The molecule has 1 aliphatic carbocycles.